The number of hydrogen-bond acceptors (Lipinski definition) is 5. The van der Waals surface area contributed by atoms with Gasteiger partial charge in [0.1, 0.15) is 5.54 Å². The summed E-state index contributed by atoms with van der Waals surface area (Å²) in [6.07, 6.45) is 6.51. The maximum absolute atomic E-state index is 12.7. The smallest absolute Gasteiger partial charge is 0.227 e. The fourth-order valence-corrected chi connectivity index (χ4v) is 4.95. The summed E-state index contributed by atoms with van der Waals surface area (Å²) in [4.78, 5) is 29.2. The average Bonchev–Trinajstić information content (AvgIpc) is 3.24. The molecule has 184 valence electrons. The van der Waals surface area contributed by atoms with E-state index in [0.717, 1.165) is 49.7 Å². The topological polar surface area (TPSA) is 97.1 Å². The molecule has 0 radical (unpaired) electrons. The van der Waals surface area contributed by atoms with Crippen molar-refractivity contribution in [3.63, 3.8) is 0 Å². The third-order valence-electron chi connectivity index (χ3n) is 6.74. The molecular formula is C28H34N4O3. The number of nitrogens with one attached hydrogen (secondary N) is 2. The summed E-state index contributed by atoms with van der Waals surface area (Å²) < 4.78 is 5.49. The van der Waals surface area contributed by atoms with Crippen molar-refractivity contribution in [1.29, 1.82) is 0 Å². The number of carbonyl (C=O) groups excluding carboxylic acids is 2. The minimum atomic E-state index is -0.578. The number of nitrogens with zero attached hydrogens (tertiary/aromatic N) is 2. The first-order valence-electron chi connectivity index (χ1n) is 12.5. The van der Waals surface area contributed by atoms with Crippen molar-refractivity contribution in [2.75, 3.05) is 6.54 Å². The molecule has 0 unspecified atom stereocenters. The van der Waals surface area contributed by atoms with Gasteiger partial charge in [-0.05, 0) is 24.0 Å². The highest BCUT2D eigenvalue weighted by Crippen LogP contribution is 2.34. The van der Waals surface area contributed by atoms with Crippen LogP contribution < -0.4 is 10.6 Å². The zero-order valence-electron chi connectivity index (χ0n) is 20.3. The summed E-state index contributed by atoms with van der Waals surface area (Å²) in [6, 6.07) is 20.4. The van der Waals surface area contributed by atoms with Crippen LogP contribution in [0.5, 0.6) is 0 Å². The molecule has 35 heavy (non-hydrogen) atoms. The lowest BCUT2D eigenvalue weighted by Crippen LogP contribution is -2.45. The van der Waals surface area contributed by atoms with Gasteiger partial charge in [0.25, 0.3) is 0 Å². The van der Waals surface area contributed by atoms with Gasteiger partial charge in [-0.15, -0.1) is 0 Å². The van der Waals surface area contributed by atoms with Crippen LogP contribution in [0.2, 0.25) is 0 Å². The van der Waals surface area contributed by atoms with E-state index in [4.69, 9.17) is 4.52 Å². The Kier molecular flexibility index (Phi) is 8.29. The quantitative estimate of drug-likeness (QED) is 0.441. The van der Waals surface area contributed by atoms with Crippen LogP contribution in [0.25, 0.3) is 0 Å². The molecular weight excluding hydrogens is 440 g/mol. The van der Waals surface area contributed by atoms with Crippen LogP contribution >= 0.6 is 0 Å². The maximum atomic E-state index is 12.7. The molecule has 2 aromatic carbocycles. The number of benzene rings is 2. The largest absolute Gasteiger partial charge is 0.355 e. The highest BCUT2D eigenvalue weighted by atomic mass is 16.5. The monoisotopic (exact) mass is 474 g/mol. The first-order valence-corrected chi connectivity index (χ1v) is 12.5. The third-order valence-corrected chi connectivity index (χ3v) is 6.74. The van der Waals surface area contributed by atoms with E-state index in [0.29, 0.717) is 24.7 Å². The number of aromatic nitrogens is 2. The van der Waals surface area contributed by atoms with Gasteiger partial charge in [0.2, 0.25) is 17.7 Å². The van der Waals surface area contributed by atoms with E-state index in [-0.39, 0.29) is 24.2 Å². The van der Waals surface area contributed by atoms with E-state index in [1.807, 2.05) is 36.4 Å². The van der Waals surface area contributed by atoms with Crippen LogP contribution in [0.3, 0.4) is 0 Å². The van der Waals surface area contributed by atoms with E-state index >= 15 is 0 Å². The van der Waals surface area contributed by atoms with Gasteiger partial charge < -0.3 is 15.2 Å². The van der Waals surface area contributed by atoms with Gasteiger partial charge in [-0.2, -0.15) is 4.98 Å². The van der Waals surface area contributed by atoms with E-state index in [1.165, 1.54) is 6.92 Å². The molecule has 1 saturated carbocycles. The molecule has 3 aromatic rings. The Bertz CT molecular complexity index is 1050. The van der Waals surface area contributed by atoms with Gasteiger partial charge >= 0.3 is 0 Å². The maximum Gasteiger partial charge on any atom is 0.227 e. The van der Waals surface area contributed by atoms with Crippen LogP contribution in [0.4, 0.5) is 0 Å². The van der Waals surface area contributed by atoms with Gasteiger partial charge in [0.15, 0.2) is 5.82 Å². The summed E-state index contributed by atoms with van der Waals surface area (Å²) in [6.45, 7) is 2.03. The number of carbonyl (C=O) groups is 2. The van der Waals surface area contributed by atoms with Crippen LogP contribution in [0.15, 0.2) is 65.2 Å². The molecule has 1 aliphatic rings. The highest BCUT2D eigenvalue weighted by Gasteiger charge is 2.38. The summed E-state index contributed by atoms with van der Waals surface area (Å²) in [5, 5.41) is 10.4. The standard InChI is InChI=1S/C28H34N4O3/c1-21(33)31-28(18-10-2-3-11-19-28)27-30-26(35-32-27)17-16-25(34)29-20-24(22-12-6-4-7-13-22)23-14-8-5-9-15-23/h4-9,12-15,24H,2-3,10-11,16-20H2,1H3,(H,29,34)(H,31,33). The molecule has 1 aromatic heterocycles. The van der Waals surface area contributed by atoms with E-state index in [2.05, 4.69) is 45.0 Å². The molecule has 1 aliphatic carbocycles. The molecule has 0 saturated heterocycles. The van der Waals surface area contributed by atoms with Crippen molar-refractivity contribution in [3.05, 3.63) is 83.5 Å². The molecule has 0 spiro atoms. The van der Waals surface area contributed by atoms with Crippen LogP contribution in [-0.4, -0.2) is 28.5 Å². The predicted molar refractivity (Wildman–Crippen MR) is 134 cm³/mol. The molecule has 4 rings (SSSR count). The first kappa shape index (κ1) is 24.6. The molecule has 1 fully saturated rings. The van der Waals surface area contributed by atoms with Crippen molar-refractivity contribution in [1.82, 2.24) is 20.8 Å². The third kappa shape index (κ3) is 6.56. The average molecular weight is 475 g/mol. The Morgan fingerprint density at radius 3 is 2.11 bits per heavy atom. The number of aryl methyl sites for hydroxylation is 1. The van der Waals surface area contributed by atoms with E-state index in [1.54, 1.807) is 0 Å². The second kappa shape index (κ2) is 11.8. The molecule has 2 N–H and O–H groups in total. The molecule has 2 amide bonds. The minimum Gasteiger partial charge on any atom is -0.355 e. The fourth-order valence-electron chi connectivity index (χ4n) is 4.95. The van der Waals surface area contributed by atoms with Crippen molar-refractivity contribution >= 4 is 11.8 Å². The lowest BCUT2D eigenvalue weighted by molar-refractivity contribution is -0.122. The summed E-state index contributed by atoms with van der Waals surface area (Å²) in [5.74, 6) is 0.866. The van der Waals surface area contributed by atoms with Crippen molar-refractivity contribution in [3.8, 4) is 0 Å². The Labute approximate surface area is 206 Å². The molecule has 7 heteroatoms. The van der Waals surface area contributed by atoms with E-state index < -0.39 is 5.54 Å². The summed E-state index contributed by atoms with van der Waals surface area (Å²) in [7, 11) is 0. The van der Waals surface area contributed by atoms with Gasteiger partial charge in [-0.1, -0.05) is 91.5 Å². The van der Waals surface area contributed by atoms with Crippen molar-refractivity contribution in [2.24, 2.45) is 0 Å². The number of hydrogen-bond donors (Lipinski definition) is 2. The van der Waals surface area contributed by atoms with Gasteiger partial charge in [-0.25, -0.2) is 0 Å². The van der Waals surface area contributed by atoms with Gasteiger partial charge in [-0.3, -0.25) is 9.59 Å². The van der Waals surface area contributed by atoms with Crippen LogP contribution in [-0.2, 0) is 21.5 Å². The molecule has 0 bridgehead atoms. The Hall–Kier alpha value is -3.48. The summed E-state index contributed by atoms with van der Waals surface area (Å²) in [5.41, 5.74) is 1.74. The minimum absolute atomic E-state index is 0.0624. The van der Waals surface area contributed by atoms with Crippen molar-refractivity contribution in [2.45, 2.75) is 69.7 Å². The molecule has 0 atom stereocenters. The number of amides is 2. The number of rotatable bonds is 9. The van der Waals surface area contributed by atoms with Gasteiger partial charge in [0, 0.05) is 32.2 Å². The Balaban J connectivity index is 1.37. The lowest BCUT2D eigenvalue weighted by atomic mass is 9.89. The van der Waals surface area contributed by atoms with Crippen LogP contribution in [0.1, 0.15) is 80.6 Å². The van der Waals surface area contributed by atoms with Crippen LogP contribution in [0, 0.1) is 0 Å². The SMILES string of the molecule is CC(=O)NC1(c2noc(CCC(=O)NCC(c3ccccc3)c3ccccc3)n2)CCCCCC1. The zero-order chi connectivity index (χ0) is 24.5. The molecule has 0 aliphatic heterocycles. The molecule has 1 heterocycles. The van der Waals surface area contributed by atoms with Gasteiger partial charge in [0.05, 0.1) is 0 Å². The highest BCUT2D eigenvalue weighted by molar-refractivity contribution is 5.76. The predicted octanol–water partition coefficient (Wildman–Crippen LogP) is 4.64. The van der Waals surface area contributed by atoms with Crippen molar-refractivity contribution < 1.29 is 14.1 Å². The summed E-state index contributed by atoms with van der Waals surface area (Å²) >= 11 is 0. The Morgan fingerprint density at radius 2 is 1.54 bits per heavy atom. The normalized spacial score (nSPS) is 15.4. The first-order chi connectivity index (χ1) is 17.1. The lowest BCUT2D eigenvalue weighted by Gasteiger charge is -2.30. The second-order valence-corrected chi connectivity index (χ2v) is 9.37. The fraction of sp³-hybridized carbons (Fsp3) is 0.429. The van der Waals surface area contributed by atoms with E-state index in [9.17, 15) is 9.59 Å². The zero-order valence-corrected chi connectivity index (χ0v) is 20.3. The molecule has 7 nitrogen and oxygen atoms in total. The Morgan fingerprint density at radius 1 is 0.943 bits per heavy atom. The second-order valence-electron chi connectivity index (χ2n) is 9.37.